The molecule has 1 N–H and O–H groups in total. The Kier molecular flexibility index (Phi) is 5.05. The molecular formula is C18H17FN2O2S. The van der Waals surface area contributed by atoms with Gasteiger partial charge in [0.2, 0.25) is 11.8 Å². The first-order chi connectivity index (χ1) is 11.6. The highest BCUT2D eigenvalue weighted by molar-refractivity contribution is 7.13. The van der Waals surface area contributed by atoms with E-state index in [9.17, 15) is 9.18 Å². The topological polar surface area (TPSA) is 55.1 Å². The van der Waals surface area contributed by atoms with E-state index in [4.69, 9.17) is 4.42 Å². The predicted octanol–water partition coefficient (Wildman–Crippen LogP) is 3.75. The monoisotopic (exact) mass is 344 g/mol. The van der Waals surface area contributed by atoms with Gasteiger partial charge in [0, 0.05) is 6.54 Å². The summed E-state index contributed by atoms with van der Waals surface area (Å²) in [6.07, 6.45) is 0.756. The van der Waals surface area contributed by atoms with E-state index >= 15 is 0 Å². The van der Waals surface area contributed by atoms with Crippen LogP contribution >= 0.6 is 11.3 Å². The van der Waals surface area contributed by atoms with Crippen molar-refractivity contribution >= 4 is 17.2 Å². The van der Waals surface area contributed by atoms with E-state index in [1.165, 1.54) is 12.1 Å². The van der Waals surface area contributed by atoms with E-state index in [1.54, 1.807) is 24.3 Å². The molecule has 0 saturated heterocycles. The molecule has 6 heteroatoms. The zero-order valence-corrected chi connectivity index (χ0v) is 14.0. The summed E-state index contributed by atoms with van der Waals surface area (Å²) in [5.74, 6) is 0.808. The van der Waals surface area contributed by atoms with E-state index < -0.39 is 0 Å². The first-order valence-electron chi connectivity index (χ1n) is 7.63. The SMILES string of the molecule is Cc1oc(-c2cccs2)nc1CC(=O)NCCc1cccc(F)c1. The third kappa shape index (κ3) is 4.08. The van der Waals surface area contributed by atoms with Gasteiger partial charge in [0.15, 0.2) is 0 Å². The average molecular weight is 344 g/mol. The molecular weight excluding hydrogens is 327 g/mol. The number of hydrogen-bond acceptors (Lipinski definition) is 4. The molecule has 0 radical (unpaired) electrons. The fraction of sp³-hybridized carbons (Fsp3) is 0.222. The minimum absolute atomic E-state index is 0.125. The molecule has 124 valence electrons. The van der Waals surface area contributed by atoms with E-state index in [0.717, 1.165) is 10.4 Å². The van der Waals surface area contributed by atoms with Gasteiger partial charge in [0.1, 0.15) is 11.6 Å². The van der Waals surface area contributed by atoms with Gasteiger partial charge in [-0.05, 0) is 42.5 Å². The molecule has 1 amide bonds. The summed E-state index contributed by atoms with van der Waals surface area (Å²) in [6.45, 7) is 2.26. The Morgan fingerprint density at radius 3 is 2.96 bits per heavy atom. The van der Waals surface area contributed by atoms with Gasteiger partial charge in [-0.25, -0.2) is 9.37 Å². The highest BCUT2D eigenvalue weighted by Crippen LogP contribution is 2.25. The first-order valence-corrected chi connectivity index (χ1v) is 8.51. The highest BCUT2D eigenvalue weighted by Gasteiger charge is 2.15. The predicted molar refractivity (Wildman–Crippen MR) is 91.4 cm³/mol. The van der Waals surface area contributed by atoms with Crippen molar-refractivity contribution in [2.75, 3.05) is 6.54 Å². The molecule has 0 aliphatic rings. The van der Waals surface area contributed by atoms with E-state index in [0.29, 0.717) is 30.3 Å². The van der Waals surface area contributed by atoms with Crippen LogP contribution in [-0.2, 0) is 17.6 Å². The molecule has 0 aliphatic carbocycles. The average Bonchev–Trinajstić information content (AvgIpc) is 3.18. The Morgan fingerprint density at radius 2 is 2.21 bits per heavy atom. The molecule has 0 atom stereocenters. The minimum atomic E-state index is -0.266. The summed E-state index contributed by atoms with van der Waals surface area (Å²) in [7, 11) is 0. The minimum Gasteiger partial charge on any atom is -0.440 e. The first kappa shape index (κ1) is 16.4. The number of oxazole rings is 1. The molecule has 24 heavy (non-hydrogen) atoms. The number of hydrogen-bond donors (Lipinski definition) is 1. The second-order valence-electron chi connectivity index (χ2n) is 5.41. The van der Waals surface area contributed by atoms with Crippen LogP contribution < -0.4 is 5.32 Å². The van der Waals surface area contributed by atoms with Crippen LogP contribution in [0.4, 0.5) is 4.39 Å². The lowest BCUT2D eigenvalue weighted by atomic mass is 10.1. The Hall–Kier alpha value is -2.47. The molecule has 2 heterocycles. The highest BCUT2D eigenvalue weighted by atomic mass is 32.1. The Morgan fingerprint density at radius 1 is 1.33 bits per heavy atom. The van der Waals surface area contributed by atoms with E-state index in [2.05, 4.69) is 10.3 Å². The smallest absolute Gasteiger partial charge is 0.236 e. The summed E-state index contributed by atoms with van der Waals surface area (Å²) < 4.78 is 18.7. The fourth-order valence-electron chi connectivity index (χ4n) is 2.35. The zero-order chi connectivity index (χ0) is 16.9. The van der Waals surface area contributed by atoms with Crippen molar-refractivity contribution in [3.8, 4) is 10.8 Å². The van der Waals surface area contributed by atoms with Crippen LogP contribution in [0.5, 0.6) is 0 Å². The van der Waals surface area contributed by atoms with Crippen molar-refractivity contribution in [3.05, 3.63) is 64.6 Å². The summed E-state index contributed by atoms with van der Waals surface area (Å²) in [5, 5.41) is 4.78. The van der Waals surface area contributed by atoms with Crippen LogP contribution in [0.15, 0.2) is 46.2 Å². The second kappa shape index (κ2) is 7.40. The third-order valence-electron chi connectivity index (χ3n) is 3.58. The van der Waals surface area contributed by atoms with Gasteiger partial charge < -0.3 is 9.73 Å². The number of thiophene rings is 1. The van der Waals surface area contributed by atoms with Gasteiger partial charge in [-0.3, -0.25) is 4.79 Å². The molecule has 3 aromatic rings. The molecule has 0 fully saturated rings. The lowest BCUT2D eigenvalue weighted by Crippen LogP contribution is -2.27. The molecule has 0 unspecified atom stereocenters. The number of rotatable bonds is 6. The van der Waals surface area contributed by atoms with Crippen molar-refractivity contribution in [1.82, 2.24) is 10.3 Å². The molecule has 4 nitrogen and oxygen atoms in total. The molecule has 0 spiro atoms. The van der Waals surface area contributed by atoms with Gasteiger partial charge >= 0.3 is 0 Å². The number of halogens is 1. The normalized spacial score (nSPS) is 10.8. The molecule has 2 aromatic heterocycles. The van der Waals surface area contributed by atoms with Crippen molar-refractivity contribution in [1.29, 1.82) is 0 Å². The van der Waals surface area contributed by atoms with Crippen LogP contribution in [-0.4, -0.2) is 17.4 Å². The van der Waals surface area contributed by atoms with Crippen LogP contribution in [0.1, 0.15) is 17.0 Å². The van der Waals surface area contributed by atoms with Gasteiger partial charge in [-0.1, -0.05) is 18.2 Å². The Bertz CT molecular complexity index is 827. The molecule has 3 rings (SSSR count). The number of aryl methyl sites for hydroxylation is 1. The quantitative estimate of drug-likeness (QED) is 0.741. The van der Waals surface area contributed by atoms with Crippen LogP contribution in [0.25, 0.3) is 10.8 Å². The number of carbonyl (C=O) groups is 1. The molecule has 1 aromatic carbocycles. The number of benzene rings is 1. The van der Waals surface area contributed by atoms with Crippen molar-refractivity contribution in [2.45, 2.75) is 19.8 Å². The van der Waals surface area contributed by atoms with Crippen molar-refractivity contribution in [2.24, 2.45) is 0 Å². The summed E-state index contributed by atoms with van der Waals surface area (Å²) in [6, 6.07) is 10.2. The lowest BCUT2D eigenvalue weighted by Gasteiger charge is -2.04. The van der Waals surface area contributed by atoms with Crippen LogP contribution in [0.3, 0.4) is 0 Å². The summed E-state index contributed by atoms with van der Waals surface area (Å²) in [5.41, 5.74) is 1.49. The van der Waals surface area contributed by atoms with Gasteiger partial charge in [0.25, 0.3) is 0 Å². The number of carbonyl (C=O) groups excluding carboxylic acids is 1. The number of nitrogens with zero attached hydrogens (tertiary/aromatic N) is 1. The number of nitrogens with one attached hydrogen (secondary N) is 1. The van der Waals surface area contributed by atoms with Crippen LogP contribution in [0, 0.1) is 12.7 Å². The van der Waals surface area contributed by atoms with E-state index in [-0.39, 0.29) is 18.1 Å². The number of amides is 1. The largest absolute Gasteiger partial charge is 0.440 e. The number of aromatic nitrogens is 1. The standard InChI is InChI=1S/C18H17FN2O2S/c1-12-15(21-18(23-12)16-6-3-9-24-16)11-17(22)20-8-7-13-4-2-5-14(19)10-13/h2-6,9-10H,7-8,11H2,1H3,(H,20,22). The van der Waals surface area contributed by atoms with Gasteiger partial charge in [0.05, 0.1) is 17.0 Å². The third-order valence-corrected chi connectivity index (χ3v) is 4.44. The van der Waals surface area contributed by atoms with Crippen molar-refractivity contribution in [3.63, 3.8) is 0 Å². The maximum absolute atomic E-state index is 13.1. The van der Waals surface area contributed by atoms with Gasteiger partial charge in [-0.2, -0.15) is 0 Å². The molecule has 0 aliphatic heterocycles. The summed E-state index contributed by atoms with van der Waals surface area (Å²) >= 11 is 1.54. The fourth-order valence-corrected chi connectivity index (χ4v) is 3.00. The maximum atomic E-state index is 13.1. The maximum Gasteiger partial charge on any atom is 0.236 e. The lowest BCUT2D eigenvalue weighted by molar-refractivity contribution is -0.120. The van der Waals surface area contributed by atoms with Crippen molar-refractivity contribution < 1.29 is 13.6 Å². The molecule has 0 saturated carbocycles. The molecule has 0 bridgehead atoms. The van der Waals surface area contributed by atoms with Gasteiger partial charge in [-0.15, -0.1) is 11.3 Å². The van der Waals surface area contributed by atoms with Crippen LogP contribution in [0.2, 0.25) is 0 Å². The zero-order valence-electron chi connectivity index (χ0n) is 13.2. The Labute approximate surface area is 143 Å². The Balaban J connectivity index is 1.53. The van der Waals surface area contributed by atoms with E-state index in [1.807, 2.05) is 23.6 Å². The summed E-state index contributed by atoms with van der Waals surface area (Å²) in [4.78, 5) is 17.4. The second-order valence-corrected chi connectivity index (χ2v) is 6.35.